The van der Waals surface area contributed by atoms with E-state index in [9.17, 15) is 5.11 Å². The Morgan fingerprint density at radius 3 is 2.52 bits per heavy atom. The van der Waals surface area contributed by atoms with Crippen LogP contribution in [0.2, 0.25) is 0 Å². The van der Waals surface area contributed by atoms with E-state index < -0.39 is 5.60 Å². The van der Waals surface area contributed by atoms with Crippen molar-refractivity contribution in [3.8, 4) is 0 Å². The zero-order valence-electron chi connectivity index (χ0n) is 13.2. The van der Waals surface area contributed by atoms with Crippen LogP contribution in [-0.4, -0.2) is 36.3 Å². The highest BCUT2D eigenvalue weighted by Crippen LogP contribution is 2.14. The van der Waals surface area contributed by atoms with Gasteiger partial charge in [-0.05, 0) is 37.6 Å². The fourth-order valence-corrected chi connectivity index (χ4v) is 2.51. The molecule has 1 heterocycles. The number of thiophene rings is 1. The summed E-state index contributed by atoms with van der Waals surface area (Å²) in [4.78, 5) is 5.86. The molecule has 0 fully saturated rings. The molecule has 6 heteroatoms. The smallest absolute Gasteiger partial charge is 0.191 e. The van der Waals surface area contributed by atoms with Gasteiger partial charge in [-0.2, -0.15) is 0 Å². The molecule has 0 aliphatic carbocycles. The first-order valence-electron chi connectivity index (χ1n) is 7.40. The van der Waals surface area contributed by atoms with Crippen molar-refractivity contribution in [2.45, 2.75) is 45.6 Å². The van der Waals surface area contributed by atoms with Gasteiger partial charge < -0.3 is 15.7 Å². The van der Waals surface area contributed by atoms with Gasteiger partial charge in [0.2, 0.25) is 0 Å². The Hall–Kier alpha value is -0.340. The molecule has 1 rings (SSSR count). The number of aliphatic imine (C=N–C) groups is 1. The number of guanidine groups is 1. The zero-order chi connectivity index (χ0) is 14.8. The highest BCUT2D eigenvalue weighted by atomic mass is 127. The second-order valence-corrected chi connectivity index (χ2v) is 5.91. The summed E-state index contributed by atoms with van der Waals surface area (Å²) in [7, 11) is 0. The van der Waals surface area contributed by atoms with E-state index in [-0.39, 0.29) is 24.0 Å². The van der Waals surface area contributed by atoms with Crippen LogP contribution >= 0.6 is 35.3 Å². The van der Waals surface area contributed by atoms with Gasteiger partial charge in [-0.25, -0.2) is 0 Å². The number of halogens is 1. The maximum absolute atomic E-state index is 10.3. The van der Waals surface area contributed by atoms with Crippen molar-refractivity contribution in [2.24, 2.45) is 4.99 Å². The maximum atomic E-state index is 10.3. The number of rotatable bonds is 8. The third-order valence-electron chi connectivity index (χ3n) is 3.44. The zero-order valence-corrected chi connectivity index (χ0v) is 16.3. The minimum atomic E-state index is -0.684. The standard InChI is InChI=1S/C15H27N3OS.HI/c1-4-15(19,5-2)12-18-14(16-6-3)17-10-9-13-8-7-11-20-13;/h7-8,11,19H,4-6,9-10,12H2,1-3H3,(H2,16,17,18);1H. The van der Waals surface area contributed by atoms with Gasteiger partial charge in [-0.1, -0.05) is 19.9 Å². The predicted octanol–water partition coefficient (Wildman–Crippen LogP) is 3.01. The van der Waals surface area contributed by atoms with Gasteiger partial charge in [0.15, 0.2) is 5.96 Å². The van der Waals surface area contributed by atoms with Crippen molar-refractivity contribution >= 4 is 41.3 Å². The van der Waals surface area contributed by atoms with Crippen LogP contribution in [0.5, 0.6) is 0 Å². The molecule has 3 N–H and O–H groups in total. The Morgan fingerprint density at radius 2 is 2.00 bits per heavy atom. The average molecular weight is 425 g/mol. The molecule has 0 aliphatic heterocycles. The van der Waals surface area contributed by atoms with E-state index in [1.54, 1.807) is 11.3 Å². The lowest BCUT2D eigenvalue weighted by Gasteiger charge is -2.23. The summed E-state index contributed by atoms with van der Waals surface area (Å²) < 4.78 is 0. The first-order chi connectivity index (χ1) is 9.63. The van der Waals surface area contributed by atoms with E-state index in [2.05, 4.69) is 33.1 Å². The largest absolute Gasteiger partial charge is 0.388 e. The van der Waals surface area contributed by atoms with Gasteiger partial charge in [0.05, 0.1) is 12.1 Å². The molecule has 0 atom stereocenters. The SMILES string of the molecule is CCNC(=NCC(O)(CC)CC)NCCc1cccs1.I. The van der Waals surface area contributed by atoms with Crippen molar-refractivity contribution in [2.75, 3.05) is 19.6 Å². The van der Waals surface area contributed by atoms with Gasteiger partial charge in [0.25, 0.3) is 0 Å². The van der Waals surface area contributed by atoms with E-state index in [1.807, 2.05) is 20.8 Å². The molecule has 0 unspecified atom stereocenters. The molecule has 21 heavy (non-hydrogen) atoms. The number of hydrogen-bond acceptors (Lipinski definition) is 3. The minimum Gasteiger partial charge on any atom is -0.388 e. The normalized spacial score (nSPS) is 11.9. The summed E-state index contributed by atoms with van der Waals surface area (Å²) in [5, 5.41) is 18.9. The lowest BCUT2D eigenvalue weighted by molar-refractivity contribution is 0.0418. The molecule has 4 nitrogen and oxygen atoms in total. The fourth-order valence-electron chi connectivity index (χ4n) is 1.80. The summed E-state index contributed by atoms with van der Waals surface area (Å²) in [5.41, 5.74) is -0.684. The molecule has 1 aromatic rings. The third kappa shape index (κ3) is 8.01. The topological polar surface area (TPSA) is 56.7 Å². The van der Waals surface area contributed by atoms with Crippen LogP contribution in [0.15, 0.2) is 22.5 Å². The average Bonchev–Trinajstić information content (AvgIpc) is 2.97. The molecule has 0 saturated heterocycles. The van der Waals surface area contributed by atoms with Gasteiger partial charge in [0, 0.05) is 18.0 Å². The van der Waals surface area contributed by atoms with E-state index in [0.29, 0.717) is 6.54 Å². The summed E-state index contributed by atoms with van der Waals surface area (Å²) in [5.74, 6) is 0.782. The molecular weight excluding hydrogens is 397 g/mol. The summed E-state index contributed by atoms with van der Waals surface area (Å²) in [6.07, 6.45) is 2.44. The second-order valence-electron chi connectivity index (χ2n) is 4.88. The van der Waals surface area contributed by atoms with Gasteiger partial charge in [-0.15, -0.1) is 35.3 Å². The molecule has 0 saturated carbocycles. The lowest BCUT2D eigenvalue weighted by atomic mass is 9.98. The minimum absolute atomic E-state index is 0. The van der Waals surface area contributed by atoms with Crippen molar-refractivity contribution in [1.82, 2.24) is 10.6 Å². The number of hydrogen-bond donors (Lipinski definition) is 3. The van der Waals surface area contributed by atoms with Crippen molar-refractivity contribution in [3.05, 3.63) is 22.4 Å². The number of nitrogens with one attached hydrogen (secondary N) is 2. The molecule has 0 spiro atoms. The van der Waals surface area contributed by atoms with Crippen LogP contribution in [0.4, 0.5) is 0 Å². The number of aliphatic hydroxyl groups is 1. The van der Waals surface area contributed by atoms with Crippen LogP contribution in [0.1, 0.15) is 38.5 Å². The molecule has 1 aromatic heterocycles. The van der Waals surface area contributed by atoms with Crippen LogP contribution < -0.4 is 10.6 Å². The highest BCUT2D eigenvalue weighted by Gasteiger charge is 2.21. The summed E-state index contributed by atoms with van der Waals surface area (Å²) in [6.45, 7) is 8.15. The van der Waals surface area contributed by atoms with Crippen molar-refractivity contribution < 1.29 is 5.11 Å². The Bertz CT molecular complexity index is 392. The van der Waals surface area contributed by atoms with Crippen molar-refractivity contribution in [3.63, 3.8) is 0 Å². The molecule has 0 bridgehead atoms. The molecule has 0 amide bonds. The monoisotopic (exact) mass is 425 g/mol. The Labute approximate surface area is 149 Å². The fraction of sp³-hybridized carbons (Fsp3) is 0.667. The second kappa shape index (κ2) is 11.3. The maximum Gasteiger partial charge on any atom is 0.191 e. The van der Waals surface area contributed by atoms with Gasteiger partial charge in [0.1, 0.15) is 0 Å². The van der Waals surface area contributed by atoms with Crippen LogP contribution in [0.3, 0.4) is 0 Å². The van der Waals surface area contributed by atoms with E-state index >= 15 is 0 Å². The van der Waals surface area contributed by atoms with E-state index in [1.165, 1.54) is 4.88 Å². The van der Waals surface area contributed by atoms with Crippen LogP contribution in [-0.2, 0) is 6.42 Å². The highest BCUT2D eigenvalue weighted by molar-refractivity contribution is 14.0. The van der Waals surface area contributed by atoms with E-state index in [4.69, 9.17) is 0 Å². The molecule has 0 radical (unpaired) electrons. The first kappa shape index (κ1) is 20.7. The van der Waals surface area contributed by atoms with E-state index in [0.717, 1.165) is 38.3 Å². The molecular formula is C15H28IN3OS. The van der Waals surface area contributed by atoms with Gasteiger partial charge in [-0.3, -0.25) is 4.99 Å². The molecule has 0 aromatic carbocycles. The third-order valence-corrected chi connectivity index (χ3v) is 4.37. The summed E-state index contributed by atoms with van der Waals surface area (Å²) in [6, 6.07) is 4.21. The van der Waals surface area contributed by atoms with Crippen LogP contribution in [0, 0.1) is 0 Å². The quantitative estimate of drug-likeness (QED) is 0.341. The predicted molar refractivity (Wildman–Crippen MR) is 103 cm³/mol. The van der Waals surface area contributed by atoms with Crippen LogP contribution in [0.25, 0.3) is 0 Å². The molecule has 0 aliphatic rings. The molecule has 122 valence electrons. The lowest BCUT2D eigenvalue weighted by Crippen LogP contribution is -2.40. The van der Waals surface area contributed by atoms with Crippen molar-refractivity contribution in [1.29, 1.82) is 0 Å². The first-order valence-corrected chi connectivity index (χ1v) is 8.28. The number of nitrogens with zero attached hydrogens (tertiary/aromatic N) is 1. The van der Waals surface area contributed by atoms with Gasteiger partial charge >= 0.3 is 0 Å². The Morgan fingerprint density at radius 1 is 1.29 bits per heavy atom. The Kier molecular flexibility index (Phi) is 11.1. The Balaban J connectivity index is 0.00000400. The summed E-state index contributed by atoms with van der Waals surface area (Å²) >= 11 is 1.77.